The minimum atomic E-state index is -0.598. The van der Waals surface area contributed by atoms with Crippen LogP contribution in [-0.4, -0.2) is 39.1 Å². The molecule has 2 aromatic heterocycles. The number of carbonyl (C=O) groups is 1. The molecule has 43 heavy (non-hydrogen) atoms. The van der Waals surface area contributed by atoms with Crippen molar-refractivity contribution in [2.24, 2.45) is 0 Å². The van der Waals surface area contributed by atoms with Gasteiger partial charge in [-0.1, -0.05) is 35.3 Å². The van der Waals surface area contributed by atoms with E-state index in [0.29, 0.717) is 46.0 Å². The third-order valence-corrected chi connectivity index (χ3v) is 7.42. The summed E-state index contributed by atoms with van der Waals surface area (Å²) in [6.45, 7) is 1.35. The molecule has 2 aliphatic heterocycles. The monoisotopic (exact) mass is 616 g/mol. The van der Waals surface area contributed by atoms with E-state index < -0.39 is 11.7 Å². The second-order valence-corrected chi connectivity index (χ2v) is 10.4. The molecular weight excluding hydrogens is 594 g/mol. The van der Waals surface area contributed by atoms with Gasteiger partial charge in [0.2, 0.25) is 0 Å². The Morgan fingerprint density at radius 1 is 0.791 bits per heavy atom. The van der Waals surface area contributed by atoms with Crippen LogP contribution < -0.4 is 20.5 Å². The van der Waals surface area contributed by atoms with Crippen molar-refractivity contribution >= 4 is 40.7 Å². The Kier molecular flexibility index (Phi) is 8.04. The van der Waals surface area contributed by atoms with E-state index in [0.717, 1.165) is 41.0 Å². The molecule has 0 radical (unpaired) electrons. The topological polar surface area (TPSA) is 125 Å². The van der Waals surface area contributed by atoms with Crippen LogP contribution in [0.4, 0.5) is 16.0 Å². The Bertz CT molecular complexity index is 1820. The van der Waals surface area contributed by atoms with Crippen LogP contribution in [0.25, 0.3) is 22.5 Å². The average molecular weight is 617 g/mol. The summed E-state index contributed by atoms with van der Waals surface area (Å²) in [5, 5.41) is 3.75. The normalized spacial score (nSPS) is 12.7. The van der Waals surface area contributed by atoms with E-state index in [2.05, 4.69) is 25.3 Å². The van der Waals surface area contributed by atoms with Gasteiger partial charge in [-0.2, -0.15) is 0 Å². The van der Waals surface area contributed by atoms with Gasteiger partial charge in [0, 0.05) is 24.0 Å². The maximum Gasteiger partial charge on any atom is 0.259 e. The Labute approximate surface area is 255 Å². The van der Waals surface area contributed by atoms with Crippen LogP contribution >= 0.6 is 23.2 Å². The third kappa shape index (κ3) is 6.20. The maximum absolute atomic E-state index is 13.7. The summed E-state index contributed by atoms with van der Waals surface area (Å²) < 4.78 is 24.7. The molecule has 12 heteroatoms. The lowest BCUT2D eigenvalue weighted by molar-refractivity contribution is 0.102. The zero-order valence-corrected chi connectivity index (χ0v) is 24.0. The summed E-state index contributed by atoms with van der Waals surface area (Å²) in [5.74, 6) is 1.09. The summed E-state index contributed by atoms with van der Waals surface area (Å²) in [4.78, 5) is 28.8. The maximum atomic E-state index is 13.7. The van der Waals surface area contributed by atoms with Crippen LogP contribution in [0.1, 0.15) is 21.5 Å². The molecule has 0 saturated carbocycles. The molecule has 0 spiro atoms. The molecule has 2 aliphatic rings. The van der Waals surface area contributed by atoms with E-state index in [9.17, 15) is 9.18 Å². The van der Waals surface area contributed by atoms with Gasteiger partial charge in [0.1, 0.15) is 23.1 Å². The number of hydrogen-bond acceptors (Lipinski definition) is 8. The zero-order valence-electron chi connectivity index (χ0n) is 22.5. The van der Waals surface area contributed by atoms with Gasteiger partial charge < -0.3 is 20.5 Å². The molecule has 0 atom stereocenters. The quantitative estimate of drug-likeness (QED) is 0.236. The smallest absolute Gasteiger partial charge is 0.259 e. The highest BCUT2D eigenvalue weighted by Crippen LogP contribution is 2.37. The minimum absolute atomic E-state index is 0.0582. The number of carbonyl (C=O) groups excluding carboxylic acids is 1. The molecule has 9 nitrogen and oxygen atoms in total. The predicted molar refractivity (Wildman–Crippen MR) is 162 cm³/mol. The van der Waals surface area contributed by atoms with Crippen molar-refractivity contribution in [3.05, 3.63) is 106 Å². The van der Waals surface area contributed by atoms with Crippen molar-refractivity contribution in [1.29, 1.82) is 0 Å². The predicted octanol–water partition coefficient (Wildman–Crippen LogP) is 6.44. The van der Waals surface area contributed by atoms with E-state index in [1.807, 2.05) is 24.3 Å². The van der Waals surface area contributed by atoms with Gasteiger partial charge in [-0.05, 0) is 47.5 Å². The summed E-state index contributed by atoms with van der Waals surface area (Å²) in [6, 6.07) is 13.3. The number of nitrogens with two attached hydrogens (primary N) is 1. The molecule has 3 N–H and O–H groups in total. The number of halogens is 3. The van der Waals surface area contributed by atoms with Crippen LogP contribution in [0, 0.1) is 5.82 Å². The van der Waals surface area contributed by atoms with Gasteiger partial charge in [-0.3, -0.25) is 14.8 Å². The number of benzene rings is 3. The lowest BCUT2D eigenvalue weighted by atomic mass is 10.1. The van der Waals surface area contributed by atoms with Gasteiger partial charge in [0.15, 0.2) is 5.82 Å². The van der Waals surface area contributed by atoms with E-state index in [-0.39, 0.29) is 11.4 Å². The molecule has 0 saturated heterocycles. The Hall–Kier alpha value is -4.80. The first-order chi connectivity index (χ1) is 20.9. The summed E-state index contributed by atoms with van der Waals surface area (Å²) >= 11 is 12.6. The molecule has 0 fully saturated rings. The van der Waals surface area contributed by atoms with Crippen LogP contribution in [0.15, 0.2) is 73.3 Å². The van der Waals surface area contributed by atoms with Crippen LogP contribution in [0.5, 0.6) is 11.5 Å². The summed E-state index contributed by atoms with van der Waals surface area (Å²) in [7, 11) is 0. The average Bonchev–Trinajstić information content (AvgIpc) is 3.66. The summed E-state index contributed by atoms with van der Waals surface area (Å²) in [6.07, 6.45) is 7.76. The highest BCUT2D eigenvalue weighted by molar-refractivity contribution is 6.33. The molecule has 216 valence electrons. The number of nitrogens with one attached hydrogen (secondary N) is 1. The molecule has 0 bridgehead atoms. The Morgan fingerprint density at radius 3 is 1.91 bits per heavy atom. The van der Waals surface area contributed by atoms with Gasteiger partial charge in [-0.25, -0.2) is 14.4 Å². The third-order valence-electron chi connectivity index (χ3n) is 6.79. The molecule has 0 unspecified atom stereocenters. The molecule has 0 aliphatic carbocycles. The van der Waals surface area contributed by atoms with E-state index in [4.69, 9.17) is 38.4 Å². The van der Waals surface area contributed by atoms with E-state index in [1.54, 1.807) is 12.3 Å². The van der Waals surface area contributed by atoms with Crippen molar-refractivity contribution in [3.63, 3.8) is 0 Å². The first-order valence-corrected chi connectivity index (χ1v) is 14.0. The van der Waals surface area contributed by atoms with E-state index >= 15 is 0 Å². The van der Waals surface area contributed by atoms with Crippen LogP contribution in [0.3, 0.4) is 0 Å². The number of nitrogens with zero attached hydrogens (tertiary/aromatic N) is 4. The first kappa shape index (κ1) is 28.3. The fraction of sp³-hybridized carbons (Fsp3) is 0.129. The number of amides is 1. The highest BCUT2D eigenvalue weighted by Gasteiger charge is 2.18. The van der Waals surface area contributed by atoms with Gasteiger partial charge >= 0.3 is 0 Å². The molecule has 1 amide bonds. The van der Waals surface area contributed by atoms with Crippen molar-refractivity contribution in [2.45, 2.75) is 12.8 Å². The second-order valence-electron chi connectivity index (χ2n) is 9.62. The number of nitrogen functional groups attached to an aromatic ring is 1. The highest BCUT2D eigenvalue weighted by atomic mass is 35.5. The fourth-order valence-electron chi connectivity index (χ4n) is 4.62. The fourth-order valence-corrected chi connectivity index (χ4v) is 5.19. The van der Waals surface area contributed by atoms with Gasteiger partial charge in [-0.15, -0.1) is 0 Å². The number of fused-ring (bicyclic) bond motifs is 2. The van der Waals surface area contributed by atoms with E-state index in [1.165, 1.54) is 36.8 Å². The Balaban J connectivity index is 0.000000167. The lowest BCUT2D eigenvalue weighted by Gasteiger charge is -2.08. The molecule has 7 rings (SSSR count). The standard InChI is InChI=1S/C19H13ClFN3O2.C12H10ClN3O/c20-14-7-11-5-6-26-17(11)8-13(14)16-9-23-18(10-22-16)24-19(25)12-3-1-2-4-15(12)21;13-9-3-7-1-2-17-11(7)4-8(9)10-5-16-12(14)6-15-10/h1-4,7-10H,5-6H2,(H,23,24,25);3-6H,1-2H2,(H2,14,16). The molecule has 5 aromatic rings. The SMILES string of the molecule is Nc1cnc(-c2cc3c(cc2Cl)CCO3)cn1.O=C(Nc1cnc(-c2cc3c(cc2Cl)CCO3)cn1)c1ccccc1F. The molecule has 4 heterocycles. The lowest BCUT2D eigenvalue weighted by Crippen LogP contribution is -2.14. The van der Waals surface area contributed by atoms with Gasteiger partial charge in [0.25, 0.3) is 5.91 Å². The largest absolute Gasteiger partial charge is 0.493 e. The number of anilines is 2. The molecule has 3 aromatic carbocycles. The van der Waals surface area contributed by atoms with Crippen molar-refractivity contribution in [3.8, 4) is 34.0 Å². The number of ether oxygens (including phenoxy) is 2. The number of hydrogen-bond donors (Lipinski definition) is 2. The first-order valence-electron chi connectivity index (χ1n) is 13.2. The van der Waals surface area contributed by atoms with Crippen molar-refractivity contribution in [2.75, 3.05) is 24.3 Å². The minimum Gasteiger partial charge on any atom is -0.493 e. The Morgan fingerprint density at radius 2 is 1.37 bits per heavy atom. The zero-order chi connectivity index (χ0) is 29.9. The van der Waals surface area contributed by atoms with Gasteiger partial charge in [0.05, 0.1) is 65.0 Å². The number of rotatable bonds is 4. The number of aromatic nitrogens is 4. The van der Waals surface area contributed by atoms with Crippen molar-refractivity contribution in [1.82, 2.24) is 19.9 Å². The summed E-state index contributed by atoms with van der Waals surface area (Å²) in [5.41, 5.74) is 10.4. The van der Waals surface area contributed by atoms with Crippen LogP contribution in [-0.2, 0) is 12.8 Å². The second kappa shape index (κ2) is 12.2. The van der Waals surface area contributed by atoms with Crippen molar-refractivity contribution < 1.29 is 18.7 Å². The van der Waals surface area contributed by atoms with Crippen LogP contribution in [0.2, 0.25) is 10.0 Å². The molecular formula is C31H23Cl2FN6O3.